The molecule has 0 spiro atoms. The number of aliphatic hydroxyl groups excluding tert-OH is 1. The van der Waals surface area contributed by atoms with Gasteiger partial charge in [-0.25, -0.2) is 4.98 Å². The number of rotatable bonds is 4. The van der Waals surface area contributed by atoms with Gasteiger partial charge < -0.3 is 20.3 Å². The van der Waals surface area contributed by atoms with Gasteiger partial charge in [-0.15, -0.1) is 0 Å². The van der Waals surface area contributed by atoms with E-state index < -0.39 is 0 Å². The number of nitrogens with one attached hydrogen (secondary N) is 2. The van der Waals surface area contributed by atoms with Crippen molar-refractivity contribution < 1.29 is 5.11 Å². The zero-order chi connectivity index (χ0) is 19.8. The average Bonchev–Trinajstić information content (AvgIpc) is 2.65. The molecule has 0 atom stereocenters. The zero-order valence-corrected chi connectivity index (χ0v) is 15.9. The molecule has 4 rings (SSSR count). The van der Waals surface area contributed by atoms with Crippen molar-refractivity contribution in [1.82, 2.24) is 9.55 Å². The van der Waals surface area contributed by atoms with Crippen LogP contribution in [0.1, 0.15) is 18.4 Å². The Morgan fingerprint density at radius 2 is 2.07 bits per heavy atom. The quantitative estimate of drug-likeness (QED) is 0.586. The Kier molecular flexibility index (Phi) is 4.67. The molecule has 1 aliphatic rings. The summed E-state index contributed by atoms with van der Waals surface area (Å²) in [5, 5.41) is 26.4. The fourth-order valence-electron chi connectivity index (χ4n) is 3.39. The summed E-state index contributed by atoms with van der Waals surface area (Å²) in [6, 6.07) is 11.1. The first kappa shape index (κ1) is 18.3. The number of hydrogen-bond donors (Lipinski definition) is 3. The van der Waals surface area contributed by atoms with Gasteiger partial charge in [0.25, 0.3) is 5.56 Å². The minimum Gasteiger partial charge on any atom is -0.393 e. The molecule has 0 bridgehead atoms. The maximum atomic E-state index is 12.3. The van der Waals surface area contributed by atoms with E-state index >= 15 is 0 Å². The number of nitrogens with zero attached hydrogens (tertiary/aromatic N) is 3. The summed E-state index contributed by atoms with van der Waals surface area (Å²) >= 11 is 6.00. The number of aliphatic hydroxyl groups is 1. The zero-order valence-electron chi connectivity index (χ0n) is 15.1. The molecule has 7 nitrogen and oxygen atoms in total. The average molecular weight is 396 g/mol. The summed E-state index contributed by atoms with van der Waals surface area (Å²) in [5.41, 5.74) is 2.99. The molecular weight excluding hydrogens is 378 g/mol. The van der Waals surface area contributed by atoms with Crippen LogP contribution < -0.4 is 16.2 Å². The van der Waals surface area contributed by atoms with Crippen LogP contribution in [0.5, 0.6) is 0 Å². The van der Waals surface area contributed by atoms with Crippen LogP contribution in [-0.4, -0.2) is 26.8 Å². The van der Waals surface area contributed by atoms with E-state index in [1.54, 1.807) is 23.7 Å². The lowest BCUT2D eigenvalue weighted by Crippen LogP contribution is -2.39. The maximum absolute atomic E-state index is 12.3. The van der Waals surface area contributed by atoms with E-state index in [-0.39, 0.29) is 28.4 Å². The third-order valence-electron chi connectivity index (χ3n) is 5.01. The van der Waals surface area contributed by atoms with Crippen molar-refractivity contribution in [3.8, 4) is 6.07 Å². The highest BCUT2D eigenvalue weighted by molar-refractivity contribution is 6.31. The molecule has 3 N–H and O–H groups in total. The van der Waals surface area contributed by atoms with Crippen molar-refractivity contribution in [1.29, 1.82) is 5.26 Å². The molecule has 2 aromatic heterocycles. The summed E-state index contributed by atoms with van der Waals surface area (Å²) in [4.78, 5) is 16.2. The van der Waals surface area contributed by atoms with Crippen molar-refractivity contribution in [3.63, 3.8) is 0 Å². The van der Waals surface area contributed by atoms with Gasteiger partial charge in [0.15, 0.2) is 0 Å². The summed E-state index contributed by atoms with van der Waals surface area (Å²) in [7, 11) is 1.73. The molecule has 1 saturated carbocycles. The molecule has 1 aromatic carbocycles. The molecule has 1 fully saturated rings. The first-order valence-electron chi connectivity index (χ1n) is 8.86. The van der Waals surface area contributed by atoms with Gasteiger partial charge in [0, 0.05) is 42.1 Å². The first-order chi connectivity index (χ1) is 13.5. The van der Waals surface area contributed by atoms with Crippen LogP contribution in [0.2, 0.25) is 5.15 Å². The Morgan fingerprint density at radius 1 is 1.29 bits per heavy atom. The second kappa shape index (κ2) is 7.15. The third kappa shape index (κ3) is 3.28. The topological polar surface area (TPSA) is 103 Å². The SMILES string of the molecule is Cn1c(=O)cc(NC2CC(O)C2)c2cc(Nc3ccnc(Cl)c3C#N)ccc21. The normalized spacial score (nSPS) is 18.4. The van der Waals surface area contributed by atoms with Gasteiger partial charge in [0.2, 0.25) is 0 Å². The highest BCUT2D eigenvalue weighted by Crippen LogP contribution is 2.31. The van der Waals surface area contributed by atoms with Crippen LogP contribution in [0.3, 0.4) is 0 Å². The number of benzene rings is 1. The Bertz CT molecular complexity index is 1160. The fourth-order valence-corrected chi connectivity index (χ4v) is 3.59. The number of pyridine rings is 2. The van der Waals surface area contributed by atoms with Crippen molar-refractivity contribution in [2.24, 2.45) is 7.05 Å². The number of anilines is 3. The fraction of sp³-hybridized carbons (Fsp3) is 0.250. The lowest BCUT2D eigenvalue weighted by Gasteiger charge is -2.33. The third-order valence-corrected chi connectivity index (χ3v) is 5.30. The second-order valence-corrected chi connectivity index (χ2v) is 7.27. The molecule has 0 unspecified atom stereocenters. The van der Waals surface area contributed by atoms with Crippen molar-refractivity contribution in [2.75, 3.05) is 10.6 Å². The second-order valence-electron chi connectivity index (χ2n) is 6.91. The molecular formula is C20H18ClN5O2. The molecule has 3 aromatic rings. The van der Waals surface area contributed by atoms with Gasteiger partial charge in [-0.1, -0.05) is 11.6 Å². The number of hydrogen-bond acceptors (Lipinski definition) is 6. The molecule has 8 heteroatoms. The summed E-state index contributed by atoms with van der Waals surface area (Å²) in [6.07, 6.45) is 2.57. The molecule has 0 aliphatic heterocycles. The van der Waals surface area contributed by atoms with Crippen molar-refractivity contribution in [3.05, 3.63) is 57.6 Å². The first-order valence-corrected chi connectivity index (χ1v) is 9.24. The van der Waals surface area contributed by atoms with Crippen LogP contribution in [0.4, 0.5) is 17.1 Å². The molecule has 0 radical (unpaired) electrons. The molecule has 142 valence electrons. The number of fused-ring (bicyclic) bond motifs is 1. The van der Waals surface area contributed by atoms with E-state index in [1.807, 2.05) is 18.2 Å². The minimum atomic E-state index is -0.284. The summed E-state index contributed by atoms with van der Waals surface area (Å²) in [5.74, 6) is 0. The van der Waals surface area contributed by atoms with Crippen LogP contribution in [0.15, 0.2) is 41.3 Å². The minimum absolute atomic E-state index is 0.108. The Morgan fingerprint density at radius 3 is 2.79 bits per heavy atom. The van der Waals surface area contributed by atoms with Gasteiger partial charge >= 0.3 is 0 Å². The predicted octanol–water partition coefficient (Wildman–Crippen LogP) is 3.14. The maximum Gasteiger partial charge on any atom is 0.252 e. The monoisotopic (exact) mass is 395 g/mol. The van der Waals surface area contributed by atoms with Crippen LogP contribution in [0.25, 0.3) is 10.9 Å². The molecule has 0 saturated heterocycles. The van der Waals surface area contributed by atoms with E-state index in [0.29, 0.717) is 18.5 Å². The largest absolute Gasteiger partial charge is 0.393 e. The Labute approximate surface area is 166 Å². The van der Waals surface area contributed by atoms with Crippen LogP contribution in [0, 0.1) is 11.3 Å². The molecule has 0 amide bonds. The summed E-state index contributed by atoms with van der Waals surface area (Å²) < 4.78 is 1.59. The van der Waals surface area contributed by atoms with Gasteiger partial charge in [-0.2, -0.15) is 5.26 Å². The highest BCUT2D eigenvalue weighted by Gasteiger charge is 2.27. The van der Waals surface area contributed by atoms with Gasteiger partial charge in [0.1, 0.15) is 16.8 Å². The lowest BCUT2D eigenvalue weighted by molar-refractivity contribution is 0.0837. The van der Waals surface area contributed by atoms with Crippen molar-refractivity contribution in [2.45, 2.75) is 25.0 Å². The van der Waals surface area contributed by atoms with E-state index in [2.05, 4.69) is 21.7 Å². The lowest BCUT2D eigenvalue weighted by atomic mass is 9.89. The van der Waals surface area contributed by atoms with E-state index in [9.17, 15) is 15.2 Å². The van der Waals surface area contributed by atoms with Gasteiger partial charge in [0.05, 0.1) is 17.3 Å². The molecule has 2 heterocycles. The van der Waals surface area contributed by atoms with E-state index in [0.717, 1.165) is 22.3 Å². The van der Waals surface area contributed by atoms with Gasteiger partial charge in [-0.05, 0) is 37.1 Å². The molecule has 28 heavy (non-hydrogen) atoms. The van der Waals surface area contributed by atoms with E-state index in [4.69, 9.17) is 11.6 Å². The molecule has 1 aliphatic carbocycles. The standard InChI is InChI=1S/C20H18ClN5O2/c1-26-18-3-2-11(24-16-4-5-23-20(21)15(16)10-22)8-14(18)17(9-19(26)28)25-12-6-13(27)7-12/h2-5,8-9,12-13,25,27H,6-7H2,1H3,(H,23,24). The summed E-state index contributed by atoms with van der Waals surface area (Å²) in [6.45, 7) is 0. The number of aryl methyl sites for hydroxylation is 1. The predicted molar refractivity (Wildman–Crippen MR) is 109 cm³/mol. The van der Waals surface area contributed by atoms with Crippen molar-refractivity contribution >= 4 is 39.6 Å². The number of halogens is 1. The van der Waals surface area contributed by atoms with Gasteiger partial charge in [-0.3, -0.25) is 4.79 Å². The number of aromatic nitrogens is 2. The highest BCUT2D eigenvalue weighted by atomic mass is 35.5. The number of nitriles is 1. The smallest absolute Gasteiger partial charge is 0.252 e. The van der Waals surface area contributed by atoms with Crippen LogP contribution >= 0.6 is 11.6 Å². The van der Waals surface area contributed by atoms with E-state index in [1.165, 1.54) is 6.20 Å². The van der Waals surface area contributed by atoms with Crippen LogP contribution in [-0.2, 0) is 7.05 Å². The Hall–Kier alpha value is -3.08. The Balaban J connectivity index is 1.75.